The van der Waals surface area contributed by atoms with Crippen molar-refractivity contribution in [2.24, 2.45) is 5.73 Å². The molecule has 0 unspecified atom stereocenters. The summed E-state index contributed by atoms with van der Waals surface area (Å²) in [4.78, 5) is 16.8. The van der Waals surface area contributed by atoms with E-state index in [2.05, 4.69) is 51.2 Å². The van der Waals surface area contributed by atoms with Crippen LogP contribution in [0, 0.1) is 13.8 Å². The Hall–Kier alpha value is -2.89. The minimum atomic E-state index is -0.533. The molecule has 0 aliphatic heterocycles. The number of hydrogen-bond donors (Lipinski definition) is 2. The number of halogens is 1. The number of nitrogens with zero attached hydrogens (tertiary/aromatic N) is 1. The lowest BCUT2D eigenvalue weighted by Gasteiger charge is -2.21. The van der Waals surface area contributed by atoms with Crippen molar-refractivity contribution in [1.29, 1.82) is 0 Å². The normalized spacial score (nSPS) is 12.0. The number of amides is 1. The van der Waals surface area contributed by atoms with Crippen LogP contribution in [0.3, 0.4) is 0 Å². The minimum absolute atomic E-state index is 0. The van der Waals surface area contributed by atoms with Gasteiger partial charge in [0.2, 0.25) is 5.91 Å². The number of hydrogen-bond acceptors (Lipinski definition) is 4. The Bertz CT molecular complexity index is 1140. The lowest BCUT2D eigenvalue weighted by atomic mass is 9.85. The molecule has 6 heteroatoms. The third-order valence-corrected chi connectivity index (χ3v) is 5.98. The van der Waals surface area contributed by atoms with Crippen LogP contribution in [0.25, 0.3) is 11.3 Å². The summed E-state index contributed by atoms with van der Waals surface area (Å²) in [7, 11) is 0. The Labute approximate surface area is 215 Å². The molecule has 3 aromatic rings. The predicted molar refractivity (Wildman–Crippen MR) is 146 cm³/mol. The average Bonchev–Trinajstić information content (AvgIpc) is 2.78. The van der Waals surface area contributed by atoms with Crippen molar-refractivity contribution in [3.8, 4) is 17.0 Å². The molecule has 0 bridgehead atoms. The minimum Gasteiger partial charge on any atom is -0.488 e. The van der Waals surface area contributed by atoms with E-state index >= 15 is 0 Å². The van der Waals surface area contributed by atoms with E-state index in [-0.39, 0.29) is 23.7 Å². The number of nitrogens with two attached hydrogens (primary N) is 1. The van der Waals surface area contributed by atoms with Gasteiger partial charge >= 0.3 is 0 Å². The van der Waals surface area contributed by atoms with E-state index in [0.29, 0.717) is 19.6 Å². The highest BCUT2D eigenvalue weighted by Crippen LogP contribution is 2.33. The molecule has 1 heterocycles. The number of pyridine rings is 1. The average molecular weight is 496 g/mol. The quantitative estimate of drug-likeness (QED) is 0.422. The first-order chi connectivity index (χ1) is 16.1. The topological polar surface area (TPSA) is 77.2 Å². The maximum atomic E-state index is 11.9. The molecule has 0 aliphatic carbocycles. The predicted octanol–water partition coefficient (Wildman–Crippen LogP) is 5.67. The standard InChI is InChI=1S/C29H37N3O2.ClH/c1-19-16-23(29(4,5)6)12-13-24(19)26-17-27(34-18-22-10-8-7-9-11-22)25(21(3)32-26)14-15-31-28(33)20(2)30;/h7-13,16-17,20H,14-15,18,30H2,1-6H3,(H,31,33);1H/t20-;/m0./s1. The largest absolute Gasteiger partial charge is 0.488 e. The third-order valence-electron chi connectivity index (χ3n) is 5.98. The van der Waals surface area contributed by atoms with Gasteiger partial charge in [0.25, 0.3) is 0 Å². The van der Waals surface area contributed by atoms with Crippen LogP contribution in [0.15, 0.2) is 54.6 Å². The number of aryl methyl sites for hydroxylation is 2. The monoisotopic (exact) mass is 495 g/mol. The van der Waals surface area contributed by atoms with Gasteiger partial charge in [0.05, 0.1) is 11.7 Å². The van der Waals surface area contributed by atoms with Crippen LogP contribution in [0.2, 0.25) is 0 Å². The number of ether oxygens (including phenoxy) is 1. The summed E-state index contributed by atoms with van der Waals surface area (Å²) >= 11 is 0. The fourth-order valence-electron chi connectivity index (χ4n) is 3.87. The van der Waals surface area contributed by atoms with Gasteiger partial charge in [-0.25, -0.2) is 0 Å². The van der Waals surface area contributed by atoms with Crippen LogP contribution >= 0.6 is 12.4 Å². The van der Waals surface area contributed by atoms with Gasteiger partial charge in [-0.3, -0.25) is 9.78 Å². The second-order valence-corrected chi connectivity index (χ2v) is 9.95. The number of nitrogens with one attached hydrogen (secondary N) is 1. The van der Waals surface area contributed by atoms with Gasteiger partial charge in [-0.15, -0.1) is 12.4 Å². The molecule has 0 aliphatic rings. The first-order valence-electron chi connectivity index (χ1n) is 11.9. The zero-order valence-corrected chi connectivity index (χ0v) is 22.5. The zero-order valence-electron chi connectivity index (χ0n) is 21.6. The van der Waals surface area contributed by atoms with E-state index in [9.17, 15) is 4.79 Å². The molecule has 5 nitrogen and oxygen atoms in total. The van der Waals surface area contributed by atoms with E-state index in [4.69, 9.17) is 15.5 Å². The molecule has 3 N–H and O–H groups in total. The molecule has 0 saturated heterocycles. The summed E-state index contributed by atoms with van der Waals surface area (Å²) < 4.78 is 6.31. The van der Waals surface area contributed by atoms with Crippen molar-refractivity contribution >= 4 is 18.3 Å². The summed E-state index contributed by atoms with van der Waals surface area (Å²) in [6.45, 7) is 13.4. The number of aromatic nitrogens is 1. The Balaban J connectivity index is 0.00000432. The molecule has 3 rings (SSSR count). The fourth-order valence-corrected chi connectivity index (χ4v) is 3.87. The Morgan fingerprint density at radius 3 is 2.37 bits per heavy atom. The number of carbonyl (C=O) groups is 1. The maximum Gasteiger partial charge on any atom is 0.236 e. The fraction of sp³-hybridized carbons (Fsp3) is 0.379. The summed E-state index contributed by atoms with van der Waals surface area (Å²) in [5.41, 5.74) is 13.2. The number of rotatable bonds is 8. The molecule has 2 aromatic carbocycles. The number of benzene rings is 2. The van der Waals surface area contributed by atoms with Crippen LogP contribution in [-0.2, 0) is 23.2 Å². The van der Waals surface area contributed by atoms with E-state index in [1.165, 1.54) is 11.1 Å². The molecule has 0 saturated carbocycles. The van der Waals surface area contributed by atoms with Gasteiger partial charge in [0.1, 0.15) is 12.4 Å². The molecule has 188 valence electrons. The Kier molecular flexibility index (Phi) is 9.87. The molecule has 1 aromatic heterocycles. The van der Waals surface area contributed by atoms with Crippen molar-refractivity contribution in [3.05, 3.63) is 82.5 Å². The summed E-state index contributed by atoms with van der Waals surface area (Å²) in [6, 6.07) is 18.2. The maximum absolute atomic E-state index is 11.9. The van der Waals surface area contributed by atoms with E-state index in [1.54, 1.807) is 6.92 Å². The highest BCUT2D eigenvalue weighted by Gasteiger charge is 2.18. The first kappa shape index (κ1) is 28.3. The molecular weight excluding hydrogens is 458 g/mol. The molecule has 0 spiro atoms. The van der Waals surface area contributed by atoms with Gasteiger partial charge in [-0.05, 0) is 49.3 Å². The molecule has 35 heavy (non-hydrogen) atoms. The third kappa shape index (κ3) is 7.55. The molecule has 0 radical (unpaired) electrons. The van der Waals surface area contributed by atoms with E-state index < -0.39 is 6.04 Å². The molecule has 0 fully saturated rings. The van der Waals surface area contributed by atoms with E-state index in [1.807, 2.05) is 43.3 Å². The van der Waals surface area contributed by atoms with Crippen LogP contribution < -0.4 is 15.8 Å². The van der Waals surface area contributed by atoms with Crippen molar-refractivity contribution in [3.63, 3.8) is 0 Å². The summed E-state index contributed by atoms with van der Waals surface area (Å²) in [5.74, 6) is 0.629. The highest BCUT2D eigenvalue weighted by atomic mass is 35.5. The van der Waals surface area contributed by atoms with Crippen molar-refractivity contribution in [2.45, 2.75) is 66.0 Å². The first-order valence-corrected chi connectivity index (χ1v) is 11.9. The second-order valence-electron chi connectivity index (χ2n) is 9.95. The zero-order chi connectivity index (χ0) is 24.9. The van der Waals surface area contributed by atoms with Gasteiger partial charge in [-0.2, -0.15) is 0 Å². The van der Waals surface area contributed by atoms with Crippen molar-refractivity contribution < 1.29 is 9.53 Å². The lowest BCUT2D eigenvalue weighted by Crippen LogP contribution is -2.39. The van der Waals surface area contributed by atoms with Crippen molar-refractivity contribution in [1.82, 2.24) is 10.3 Å². The van der Waals surface area contributed by atoms with Gasteiger partial charge in [0, 0.05) is 29.4 Å². The second kappa shape index (κ2) is 12.2. The summed E-state index contributed by atoms with van der Waals surface area (Å²) in [5, 5.41) is 2.89. The smallest absolute Gasteiger partial charge is 0.236 e. The lowest BCUT2D eigenvalue weighted by molar-refractivity contribution is -0.121. The number of carbonyl (C=O) groups excluding carboxylic acids is 1. The highest BCUT2D eigenvalue weighted by molar-refractivity contribution is 5.85. The van der Waals surface area contributed by atoms with Gasteiger partial charge in [0.15, 0.2) is 0 Å². The summed E-state index contributed by atoms with van der Waals surface area (Å²) in [6.07, 6.45) is 0.615. The Morgan fingerprint density at radius 1 is 1.09 bits per heavy atom. The molecule has 1 atom stereocenters. The molecular formula is C29H38ClN3O2. The SMILES string of the molecule is Cc1cc(C(C)(C)C)ccc1-c1cc(OCc2ccccc2)c(CCNC(=O)[C@H](C)N)c(C)n1.Cl. The van der Waals surface area contributed by atoms with Crippen LogP contribution in [-0.4, -0.2) is 23.5 Å². The van der Waals surface area contributed by atoms with Crippen molar-refractivity contribution in [2.75, 3.05) is 6.54 Å². The Morgan fingerprint density at radius 2 is 1.77 bits per heavy atom. The van der Waals surface area contributed by atoms with Crippen LogP contribution in [0.4, 0.5) is 0 Å². The van der Waals surface area contributed by atoms with Crippen LogP contribution in [0.1, 0.15) is 55.6 Å². The molecule has 1 amide bonds. The van der Waals surface area contributed by atoms with Crippen LogP contribution in [0.5, 0.6) is 5.75 Å². The van der Waals surface area contributed by atoms with Gasteiger partial charge in [-0.1, -0.05) is 69.3 Å². The van der Waals surface area contributed by atoms with E-state index in [0.717, 1.165) is 33.8 Å². The van der Waals surface area contributed by atoms with Gasteiger partial charge < -0.3 is 15.8 Å².